The summed E-state index contributed by atoms with van der Waals surface area (Å²) in [5, 5.41) is 0. The molecule has 0 spiro atoms. The number of Topliss-reactive ketones (excluding diaryl/α,β-unsaturated/α-hetero) is 1. The standard InChI is InChI=1S/C8H15NO.BrH/c1-2-5-9-6-3-8(10)4-7-9;/h2-7H2,1H3;1H. The maximum Gasteiger partial charge on any atom is 0.144 e. The van der Waals surface area contributed by atoms with E-state index in [1.807, 2.05) is 0 Å². The van der Waals surface area contributed by atoms with Crippen molar-refractivity contribution in [1.29, 1.82) is 0 Å². The molecule has 0 unspecified atom stereocenters. The lowest BCUT2D eigenvalue weighted by atomic mass is 10.1. The number of carbonyl (C=O) groups excluding carboxylic acids is 1. The number of piperidine rings is 1. The van der Waals surface area contributed by atoms with Crippen molar-refractivity contribution >= 4 is 5.78 Å². The largest absolute Gasteiger partial charge is 1.00 e. The SMILES string of the molecule is CCC[NH+]1CCC(=O)CC1.[Br-]. The van der Waals surface area contributed by atoms with Crippen LogP contribution < -0.4 is 21.9 Å². The molecular weight excluding hydrogens is 206 g/mol. The average molecular weight is 222 g/mol. The highest BCUT2D eigenvalue weighted by Crippen LogP contribution is 1.89. The van der Waals surface area contributed by atoms with E-state index >= 15 is 0 Å². The van der Waals surface area contributed by atoms with Crippen LogP contribution >= 0.6 is 0 Å². The summed E-state index contributed by atoms with van der Waals surface area (Å²) in [6, 6.07) is 0. The zero-order valence-electron chi connectivity index (χ0n) is 7.03. The number of carbonyl (C=O) groups is 1. The van der Waals surface area contributed by atoms with Gasteiger partial charge in [-0.25, -0.2) is 0 Å². The van der Waals surface area contributed by atoms with Crippen molar-refractivity contribution in [1.82, 2.24) is 0 Å². The molecule has 1 aliphatic rings. The molecule has 11 heavy (non-hydrogen) atoms. The molecule has 3 heteroatoms. The van der Waals surface area contributed by atoms with Crippen molar-refractivity contribution in [2.75, 3.05) is 19.6 Å². The summed E-state index contributed by atoms with van der Waals surface area (Å²) in [6.07, 6.45) is 2.87. The number of nitrogens with one attached hydrogen (secondary N) is 1. The highest BCUT2D eigenvalue weighted by molar-refractivity contribution is 5.78. The first kappa shape index (κ1) is 11.1. The number of rotatable bonds is 2. The first-order chi connectivity index (χ1) is 4.83. The second-order valence-electron chi connectivity index (χ2n) is 3.04. The fraction of sp³-hybridized carbons (Fsp3) is 0.875. The summed E-state index contributed by atoms with van der Waals surface area (Å²) in [5.74, 6) is 0.458. The quantitative estimate of drug-likeness (QED) is 0.518. The monoisotopic (exact) mass is 221 g/mol. The number of ketones is 1. The van der Waals surface area contributed by atoms with Crippen molar-refractivity contribution in [3.8, 4) is 0 Å². The van der Waals surface area contributed by atoms with E-state index in [0.717, 1.165) is 25.9 Å². The minimum absolute atomic E-state index is 0. The number of quaternary nitrogens is 1. The van der Waals surface area contributed by atoms with Gasteiger partial charge in [-0.2, -0.15) is 0 Å². The van der Waals surface area contributed by atoms with Crippen LogP contribution in [0.4, 0.5) is 0 Å². The Kier molecular flexibility index (Phi) is 5.78. The zero-order valence-corrected chi connectivity index (χ0v) is 8.61. The fourth-order valence-corrected chi connectivity index (χ4v) is 1.49. The van der Waals surface area contributed by atoms with Gasteiger partial charge in [0.25, 0.3) is 0 Å². The molecule has 0 aromatic carbocycles. The Hall–Kier alpha value is 0.110. The summed E-state index contributed by atoms with van der Waals surface area (Å²) in [7, 11) is 0. The number of hydrogen-bond acceptors (Lipinski definition) is 1. The normalized spacial score (nSPS) is 19.5. The van der Waals surface area contributed by atoms with Gasteiger partial charge in [0.2, 0.25) is 0 Å². The Morgan fingerprint density at radius 2 is 1.91 bits per heavy atom. The van der Waals surface area contributed by atoms with Gasteiger partial charge in [-0.3, -0.25) is 4.79 Å². The second kappa shape index (κ2) is 5.72. The molecule has 0 aromatic rings. The van der Waals surface area contributed by atoms with Crippen LogP contribution in [0.5, 0.6) is 0 Å². The van der Waals surface area contributed by atoms with E-state index in [1.165, 1.54) is 13.0 Å². The Bertz CT molecular complexity index is 117. The molecule has 1 saturated heterocycles. The molecule has 2 nitrogen and oxygen atoms in total. The van der Waals surface area contributed by atoms with E-state index in [-0.39, 0.29) is 17.0 Å². The smallest absolute Gasteiger partial charge is 0.144 e. The van der Waals surface area contributed by atoms with Gasteiger partial charge in [0.05, 0.1) is 32.5 Å². The van der Waals surface area contributed by atoms with E-state index in [2.05, 4.69) is 6.92 Å². The van der Waals surface area contributed by atoms with Gasteiger partial charge < -0.3 is 21.9 Å². The molecule has 1 rings (SSSR count). The third-order valence-corrected chi connectivity index (χ3v) is 2.12. The Labute approximate surface area is 78.7 Å². The second-order valence-corrected chi connectivity index (χ2v) is 3.04. The minimum atomic E-state index is 0. The van der Waals surface area contributed by atoms with Gasteiger partial charge in [-0.15, -0.1) is 0 Å². The van der Waals surface area contributed by atoms with Crippen LogP contribution in [0.25, 0.3) is 0 Å². The maximum absolute atomic E-state index is 10.8. The molecule has 0 aliphatic carbocycles. The molecular formula is C8H16BrNO. The van der Waals surface area contributed by atoms with Crippen molar-refractivity contribution in [2.24, 2.45) is 0 Å². The summed E-state index contributed by atoms with van der Waals surface area (Å²) >= 11 is 0. The number of likely N-dealkylation sites (tertiary alicyclic amines) is 1. The third kappa shape index (κ3) is 3.87. The molecule has 0 atom stereocenters. The van der Waals surface area contributed by atoms with Crippen molar-refractivity contribution in [3.05, 3.63) is 0 Å². The van der Waals surface area contributed by atoms with Gasteiger partial charge in [-0.1, -0.05) is 6.92 Å². The molecule has 0 bridgehead atoms. The van der Waals surface area contributed by atoms with Gasteiger partial charge in [0.15, 0.2) is 0 Å². The molecule has 0 aromatic heterocycles. The minimum Gasteiger partial charge on any atom is -1.00 e. The molecule has 1 aliphatic heterocycles. The lowest BCUT2D eigenvalue weighted by molar-refractivity contribution is -0.901. The van der Waals surface area contributed by atoms with Crippen LogP contribution in [-0.4, -0.2) is 25.4 Å². The highest BCUT2D eigenvalue weighted by atomic mass is 79.9. The lowest BCUT2D eigenvalue weighted by Gasteiger charge is -2.21. The zero-order chi connectivity index (χ0) is 7.40. The van der Waals surface area contributed by atoms with Crippen LogP contribution in [0, 0.1) is 0 Å². The third-order valence-electron chi connectivity index (χ3n) is 2.12. The molecule has 1 heterocycles. The maximum atomic E-state index is 10.8. The van der Waals surface area contributed by atoms with Crippen molar-refractivity contribution in [3.63, 3.8) is 0 Å². The van der Waals surface area contributed by atoms with Crippen LogP contribution in [0.1, 0.15) is 26.2 Å². The summed E-state index contributed by atoms with van der Waals surface area (Å²) < 4.78 is 0. The molecule has 1 N–H and O–H groups in total. The predicted octanol–water partition coefficient (Wildman–Crippen LogP) is -3.35. The number of halogens is 1. The molecule has 1 fully saturated rings. The van der Waals surface area contributed by atoms with Gasteiger partial charge in [0.1, 0.15) is 5.78 Å². The molecule has 0 radical (unpaired) electrons. The highest BCUT2D eigenvalue weighted by Gasteiger charge is 2.17. The first-order valence-corrected chi connectivity index (χ1v) is 4.18. The predicted molar refractivity (Wildman–Crippen MR) is 40.1 cm³/mol. The Morgan fingerprint density at radius 3 is 2.36 bits per heavy atom. The van der Waals surface area contributed by atoms with Crippen molar-refractivity contribution < 1.29 is 26.7 Å². The van der Waals surface area contributed by atoms with Crippen molar-refractivity contribution in [2.45, 2.75) is 26.2 Å². The lowest BCUT2D eigenvalue weighted by Crippen LogP contribution is -3.13. The topological polar surface area (TPSA) is 21.5 Å². The van der Waals surface area contributed by atoms with Crippen LogP contribution in [0.2, 0.25) is 0 Å². The van der Waals surface area contributed by atoms with E-state index in [0.29, 0.717) is 5.78 Å². The van der Waals surface area contributed by atoms with E-state index in [1.54, 1.807) is 4.90 Å². The van der Waals surface area contributed by atoms with Gasteiger partial charge in [0, 0.05) is 0 Å². The van der Waals surface area contributed by atoms with Gasteiger partial charge >= 0.3 is 0 Å². The Balaban J connectivity index is 0.000001000. The summed E-state index contributed by atoms with van der Waals surface area (Å²) in [6.45, 7) is 5.59. The van der Waals surface area contributed by atoms with Crippen LogP contribution in [0.15, 0.2) is 0 Å². The van der Waals surface area contributed by atoms with Crippen LogP contribution in [0.3, 0.4) is 0 Å². The van der Waals surface area contributed by atoms with E-state index < -0.39 is 0 Å². The van der Waals surface area contributed by atoms with E-state index in [4.69, 9.17) is 0 Å². The van der Waals surface area contributed by atoms with E-state index in [9.17, 15) is 4.79 Å². The molecule has 66 valence electrons. The van der Waals surface area contributed by atoms with Gasteiger partial charge in [-0.05, 0) is 6.42 Å². The average Bonchev–Trinajstić information content (AvgIpc) is 1.95. The number of hydrogen-bond donors (Lipinski definition) is 1. The summed E-state index contributed by atoms with van der Waals surface area (Å²) in [5.41, 5.74) is 0. The summed E-state index contributed by atoms with van der Waals surface area (Å²) in [4.78, 5) is 12.4. The molecule has 0 amide bonds. The van der Waals surface area contributed by atoms with Crippen LogP contribution in [-0.2, 0) is 4.79 Å². The first-order valence-electron chi connectivity index (χ1n) is 4.18. The Morgan fingerprint density at radius 1 is 1.36 bits per heavy atom. The molecule has 0 saturated carbocycles. The fourth-order valence-electron chi connectivity index (χ4n) is 1.49.